The molecule has 0 aliphatic heterocycles. The number of methoxy groups -OCH3 is 1. The van der Waals surface area contributed by atoms with Crippen molar-refractivity contribution in [1.82, 2.24) is 5.32 Å². The van der Waals surface area contributed by atoms with Crippen molar-refractivity contribution in [2.24, 2.45) is 16.3 Å². The van der Waals surface area contributed by atoms with Crippen molar-refractivity contribution in [1.29, 1.82) is 0 Å². The molecular formula is C26H33BrN2O3S. The number of carbonyl (C=O) groups is 2. The highest BCUT2D eigenvalue weighted by Gasteiger charge is 2.30. The predicted octanol–water partition coefficient (Wildman–Crippen LogP) is 6.05. The number of thiophene rings is 1. The molecule has 0 atom stereocenters. The number of ether oxygens (including phenoxy) is 1. The maximum absolute atomic E-state index is 13.1. The Morgan fingerprint density at radius 1 is 1.09 bits per heavy atom. The Labute approximate surface area is 209 Å². The van der Waals surface area contributed by atoms with Gasteiger partial charge in [0, 0.05) is 6.54 Å². The minimum atomic E-state index is -0.352. The summed E-state index contributed by atoms with van der Waals surface area (Å²) in [5.41, 5.74) is 2.42. The molecule has 0 unspecified atom stereocenters. The first-order valence-electron chi connectivity index (χ1n) is 11.5. The van der Waals surface area contributed by atoms with E-state index in [1.165, 1.54) is 18.4 Å². The number of carbonyl (C=O) groups excluding carboxylic acids is 2. The van der Waals surface area contributed by atoms with Crippen LogP contribution in [0.2, 0.25) is 0 Å². The first kappa shape index (κ1) is 25.6. The first-order valence-corrected chi connectivity index (χ1v) is 13.1. The van der Waals surface area contributed by atoms with Crippen molar-refractivity contribution in [3.05, 3.63) is 56.2 Å². The minimum absolute atomic E-state index is 0.131. The molecule has 1 N–H and O–H groups in total. The van der Waals surface area contributed by atoms with E-state index in [9.17, 15) is 9.59 Å². The molecule has 1 aromatic carbocycles. The highest BCUT2D eigenvalue weighted by Crippen LogP contribution is 2.38. The number of hydrogen-bond acceptors (Lipinski definition) is 5. The van der Waals surface area contributed by atoms with Crippen molar-refractivity contribution in [3.8, 4) is 0 Å². The van der Waals surface area contributed by atoms with E-state index < -0.39 is 0 Å². The number of nitrogens with zero attached hydrogens (tertiary/aromatic N) is 1. The fourth-order valence-corrected chi connectivity index (χ4v) is 5.64. The third-order valence-electron chi connectivity index (χ3n) is 6.33. The Balaban J connectivity index is 1.63. The topological polar surface area (TPSA) is 67.8 Å². The highest BCUT2D eigenvalue weighted by atomic mass is 79.9. The molecule has 0 radical (unpaired) electrons. The number of nitrogens with one attached hydrogen (secondary N) is 1. The molecule has 2 aromatic rings. The number of esters is 1. The SMILES string of the molecule is COC(=O)c1ccc(CCNC(=O)C(=NC2CCC(C(C)(C)C)CC2)c2ccc(Br)s2)cc1. The van der Waals surface area contributed by atoms with E-state index >= 15 is 0 Å². The molecule has 7 heteroatoms. The molecule has 0 spiro atoms. The van der Waals surface area contributed by atoms with Gasteiger partial charge in [0.05, 0.1) is 27.4 Å². The quantitative estimate of drug-likeness (QED) is 0.348. The van der Waals surface area contributed by atoms with Crippen molar-refractivity contribution < 1.29 is 14.3 Å². The summed E-state index contributed by atoms with van der Waals surface area (Å²) in [6.07, 6.45) is 5.03. The van der Waals surface area contributed by atoms with Gasteiger partial charge in [-0.2, -0.15) is 0 Å². The lowest BCUT2D eigenvalue weighted by molar-refractivity contribution is -0.114. The monoisotopic (exact) mass is 532 g/mol. The second-order valence-electron chi connectivity index (χ2n) is 9.65. The summed E-state index contributed by atoms with van der Waals surface area (Å²) in [6, 6.07) is 11.4. The Hall–Kier alpha value is -1.99. The predicted molar refractivity (Wildman–Crippen MR) is 138 cm³/mol. The summed E-state index contributed by atoms with van der Waals surface area (Å²) in [5.74, 6) is 0.227. The molecule has 1 saturated carbocycles. The fourth-order valence-electron chi connectivity index (χ4n) is 4.26. The van der Waals surface area contributed by atoms with Gasteiger partial charge in [0.15, 0.2) is 0 Å². The molecule has 178 valence electrons. The summed E-state index contributed by atoms with van der Waals surface area (Å²) < 4.78 is 5.72. The maximum Gasteiger partial charge on any atom is 0.337 e. The number of benzene rings is 1. The molecule has 1 heterocycles. The van der Waals surface area contributed by atoms with Gasteiger partial charge in [0.2, 0.25) is 0 Å². The van der Waals surface area contributed by atoms with E-state index in [1.807, 2.05) is 24.3 Å². The normalized spacial score (nSPS) is 19.2. The molecule has 1 amide bonds. The highest BCUT2D eigenvalue weighted by molar-refractivity contribution is 9.11. The van der Waals surface area contributed by atoms with E-state index in [-0.39, 0.29) is 17.9 Å². The Morgan fingerprint density at radius 3 is 2.30 bits per heavy atom. The van der Waals surface area contributed by atoms with Gasteiger partial charge in [0.25, 0.3) is 5.91 Å². The van der Waals surface area contributed by atoms with Gasteiger partial charge in [-0.05, 0) is 89.2 Å². The number of halogens is 1. The summed E-state index contributed by atoms with van der Waals surface area (Å²) in [7, 11) is 1.37. The van der Waals surface area contributed by atoms with Gasteiger partial charge >= 0.3 is 5.97 Å². The lowest BCUT2D eigenvalue weighted by Crippen LogP contribution is -2.34. The third-order valence-corrected chi connectivity index (χ3v) is 7.96. The second kappa shape index (κ2) is 11.4. The zero-order chi connectivity index (χ0) is 24.0. The molecule has 1 aromatic heterocycles. The van der Waals surface area contributed by atoms with Crippen LogP contribution in [-0.2, 0) is 16.0 Å². The molecule has 3 rings (SSSR count). The first-order chi connectivity index (χ1) is 15.7. The van der Waals surface area contributed by atoms with Crippen LogP contribution >= 0.6 is 27.3 Å². The Kier molecular flexibility index (Phi) is 8.88. The van der Waals surface area contributed by atoms with Gasteiger partial charge in [-0.1, -0.05) is 32.9 Å². The standard InChI is InChI=1S/C26H33BrN2O3S/c1-26(2,3)19-9-11-20(12-10-19)29-23(21-13-14-22(27)33-21)24(30)28-16-15-17-5-7-18(8-6-17)25(31)32-4/h5-8,13-14,19-20H,9-12,15-16H2,1-4H3,(H,28,30). The number of aliphatic imine (C=N–C) groups is 1. The van der Waals surface area contributed by atoms with Crippen LogP contribution in [0, 0.1) is 11.3 Å². The lowest BCUT2D eigenvalue weighted by atomic mass is 9.71. The van der Waals surface area contributed by atoms with E-state index in [4.69, 9.17) is 9.73 Å². The van der Waals surface area contributed by atoms with Gasteiger partial charge in [-0.3, -0.25) is 9.79 Å². The molecule has 1 aliphatic carbocycles. The van der Waals surface area contributed by atoms with Crippen molar-refractivity contribution in [2.45, 2.75) is 58.9 Å². The Bertz CT molecular complexity index is 984. The molecule has 5 nitrogen and oxygen atoms in total. The Morgan fingerprint density at radius 2 is 1.76 bits per heavy atom. The second-order valence-corrected chi connectivity index (χ2v) is 12.1. The molecule has 1 fully saturated rings. The van der Waals surface area contributed by atoms with Gasteiger partial charge in [-0.15, -0.1) is 11.3 Å². The molecule has 0 saturated heterocycles. The summed E-state index contributed by atoms with van der Waals surface area (Å²) in [5, 5.41) is 3.04. The van der Waals surface area contributed by atoms with Crippen LogP contribution in [0.5, 0.6) is 0 Å². The van der Waals surface area contributed by atoms with Crippen LogP contribution in [0.3, 0.4) is 0 Å². The van der Waals surface area contributed by atoms with Crippen LogP contribution in [0.1, 0.15) is 67.3 Å². The largest absolute Gasteiger partial charge is 0.465 e. The van der Waals surface area contributed by atoms with Crippen molar-refractivity contribution in [3.63, 3.8) is 0 Å². The third kappa shape index (κ3) is 7.24. The number of hydrogen-bond donors (Lipinski definition) is 1. The molecular weight excluding hydrogens is 500 g/mol. The van der Waals surface area contributed by atoms with Crippen molar-refractivity contribution >= 4 is 44.9 Å². The van der Waals surface area contributed by atoms with Crippen LogP contribution in [0.4, 0.5) is 0 Å². The zero-order valence-corrected chi connectivity index (χ0v) is 22.2. The summed E-state index contributed by atoms with van der Waals surface area (Å²) in [4.78, 5) is 30.5. The van der Waals surface area contributed by atoms with E-state index in [0.717, 1.165) is 39.9 Å². The van der Waals surface area contributed by atoms with Crippen LogP contribution in [0.25, 0.3) is 0 Å². The summed E-state index contributed by atoms with van der Waals surface area (Å²) in [6.45, 7) is 7.43. The van der Waals surface area contributed by atoms with Crippen LogP contribution in [-0.4, -0.2) is 37.3 Å². The van der Waals surface area contributed by atoms with Crippen molar-refractivity contribution in [2.75, 3.05) is 13.7 Å². The smallest absolute Gasteiger partial charge is 0.337 e. The molecule has 1 aliphatic rings. The maximum atomic E-state index is 13.1. The van der Waals surface area contributed by atoms with Gasteiger partial charge < -0.3 is 10.1 Å². The average Bonchev–Trinajstić information content (AvgIpc) is 3.22. The molecule has 0 bridgehead atoms. The van der Waals surface area contributed by atoms with Gasteiger partial charge in [0.1, 0.15) is 5.71 Å². The molecule has 33 heavy (non-hydrogen) atoms. The lowest BCUT2D eigenvalue weighted by Gasteiger charge is -2.36. The van der Waals surface area contributed by atoms with E-state index in [1.54, 1.807) is 12.1 Å². The van der Waals surface area contributed by atoms with E-state index in [2.05, 4.69) is 42.0 Å². The van der Waals surface area contributed by atoms with Crippen LogP contribution in [0.15, 0.2) is 45.2 Å². The minimum Gasteiger partial charge on any atom is -0.465 e. The van der Waals surface area contributed by atoms with Gasteiger partial charge in [-0.25, -0.2) is 4.79 Å². The zero-order valence-electron chi connectivity index (χ0n) is 19.8. The number of rotatable bonds is 7. The summed E-state index contributed by atoms with van der Waals surface area (Å²) >= 11 is 5.04. The van der Waals surface area contributed by atoms with Crippen LogP contribution < -0.4 is 5.32 Å². The fraction of sp³-hybridized carbons (Fsp3) is 0.500. The van der Waals surface area contributed by atoms with E-state index in [0.29, 0.717) is 35.6 Å². The average molecular weight is 534 g/mol. The number of amides is 1.